The fraction of sp³-hybridized carbons (Fsp3) is 0.217. The Kier molecular flexibility index (Phi) is 5.99. The fourth-order valence-corrected chi connectivity index (χ4v) is 4.53. The van der Waals surface area contributed by atoms with Crippen molar-refractivity contribution in [3.8, 4) is 5.75 Å². The van der Waals surface area contributed by atoms with Gasteiger partial charge in [0.1, 0.15) is 5.75 Å². The van der Waals surface area contributed by atoms with Crippen molar-refractivity contribution >= 4 is 34.5 Å². The largest absolute Gasteiger partial charge is 0.497 e. The first-order chi connectivity index (χ1) is 14.7. The quantitative estimate of drug-likeness (QED) is 0.597. The molecular formula is C23H23N3O3S. The Labute approximate surface area is 179 Å². The van der Waals surface area contributed by atoms with Crippen LogP contribution in [0.15, 0.2) is 66.0 Å². The number of rotatable bonds is 6. The maximum Gasteiger partial charge on any atom is 0.313 e. The first-order valence-electron chi connectivity index (χ1n) is 9.77. The number of hydrogen-bond donors (Lipinski definition) is 2. The normalized spacial score (nSPS) is 13.4. The monoisotopic (exact) mass is 421 g/mol. The molecule has 0 saturated heterocycles. The molecule has 154 valence electrons. The van der Waals surface area contributed by atoms with Gasteiger partial charge in [0, 0.05) is 35.4 Å². The number of thiophene rings is 1. The summed E-state index contributed by atoms with van der Waals surface area (Å²) in [6.07, 6.45) is 0.975. The van der Waals surface area contributed by atoms with Crippen LogP contribution in [0.4, 0.5) is 11.4 Å². The van der Waals surface area contributed by atoms with E-state index in [0.29, 0.717) is 18.0 Å². The van der Waals surface area contributed by atoms with Crippen molar-refractivity contribution in [3.63, 3.8) is 0 Å². The van der Waals surface area contributed by atoms with E-state index in [1.54, 1.807) is 42.7 Å². The molecule has 2 N–H and O–H groups in total. The number of carbonyl (C=O) groups excluding carboxylic acids is 2. The molecule has 6 nitrogen and oxygen atoms in total. The molecule has 0 aliphatic carbocycles. The average Bonchev–Trinajstić information content (AvgIpc) is 3.45. The second kappa shape index (κ2) is 9.00. The summed E-state index contributed by atoms with van der Waals surface area (Å²) in [6.45, 7) is 1.23. The van der Waals surface area contributed by atoms with Gasteiger partial charge in [0.2, 0.25) is 0 Å². The van der Waals surface area contributed by atoms with Crippen molar-refractivity contribution in [3.05, 3.63) is 76.5 Å². The number of fused-ring (bicyclic) bond motifs is 1. The number of hydrogen-bond acceptors (Lipinski definition) is 5. The predicted molar refractivity (Wildman–Crippen MR) is 119 cm³/mol. The molecule has 1 aliphatic rings. The summed E-state index contributed by atoms with van der Waals surface area (Å²) in [6, 6.07) is 19.3. The van der Waals surface area contributed by atoms with Gasteiger partial charge in [-0.25, -0.2) is 0 Å². The second-order valence-corrected chi connectivity index (χ2v) is 7.98. The third kappa shape index (κ3) is 4.31. The molecule has 0 unspecified atom stereocenters. The second-order valence-electron chi connectivity index (χ2n) is 7.00. The number of amides is 2. The fourth-order valence-electron chi connectivity index (χ4n) is 3.69. The Morgan fingerprint density at radius 1 is 1.10 bits per heavy atom. The van der Waals surface area contributed by atoms with E-state index in [9.17, 15) is 9.59 Å². The molecule has 0 fully saturated rings. The maximum absolute atomic E-state index is 12.5. The molecule has 3 aromatic rings. The summed E-state index contributed by atoms with van der Waals surface area (Å²) in [5, 5.41) is 7.46. The summed E-state index contributed by atoms with van der Waals surface area (Å²) in [5.74, 6) is -0.750. The molecule has 4 rings (SSSR count). The minimum absolute atomic E-state index is 0.0257. The molecule has 0 spiro atoms. The van der Waals surface area contributed by atoms with Gasteiger partial charge in [-0.05, 0) is 41.6 Å². The first kappa shape index (κ1) is 20.0. The number of benzene rings is 2. The third-order valence-electron chi connectivity index (χ3n) is 5.16. The van der Waals surface area contributed by atoms with Gasteiger partial charge in [0.25, 0.3) is 0 Å². The van der Waals surface area contributed by atoms with E-state index >= 15 is 0 Å². The van der Waals surface area contributed by atoms with E-state index in [2.05, 4.69) is 33.7 Å². The van der Waals surface area contributed by atoms with Crippen LogP contribution in [0.25, 0.3) is 0 Å². The highest BCUT2D eigenvalue weighted by molar-refractivity contribution is 7.10. The number of nitrogens with zero attached hydrogens (tertiary/aromatic N) is 1. The average molecular weight is 422 g/mol. The Balaban J connectivity index is 1.44. The van der Waals surface area contributed by atoms with Crippen molar-refractivity contribution in [1.29, 1.82) is 0 Å². The van der Waals surface area contributed by atoms with E-state index in [1.165, 1.54) is 11.3 Å². The van der Waals surface area contributed by atoms with Crippen molar-refractivity contribution < 1.29 is 14.3 Å². The molecule has 7 heteroatoms. The number of carbonyl (C=O) groups is 2. The summed E-state index contributed by atoms with van der Waals surface area (Å²) >= 11 is 1.65. The van der Waals surface area contributed by atoms with Gasteiger partial charge in [-0.1, -0.05) is 30.3 Å². The minimum atomic E-state index is -0.699. The number of nitrogens with one attached hydrogen (secondary N) is 2. The van der Waals surface area contributed by atoms with Gasteiger partial charge in [-0.15, -0.1) is 11.3 Å². The SMILES string of the molecule is COc1cccc(NC(=O)C(=O)NC[C@H](c2cccs2)N2CCc3ccccc32)c1. The molecule has 30 heavy (non-hydrogen) atoms. The van der Waals surface area contributed by atoms with Crippen LogP contribution in [0.2, 0.25) is 0 Å². The lowest BCUT2D eigenvalue weighted by Crippen LogP contribution is -2.41. The minimum Gasteiger partial charge on any atom is -0.497 e. The highest BCUT2D eigenvalue weighted by atomic mass is 32.1. The van der Waals surface area contributed by atoms with Crippen LogP contribution in [0.1, 0.15) is 16.5 Å². The molecule has 2 amide bonds. The lowest BCUT2D eigenvalue weighted by atomic mass is 10.1. The number of para-hydroxylation sites is 1. The van der Waals surface area contributed by atoms with E-state index in [1.807, 2.05) is 23.6 Å². The van der Waals surface area contributed by atoms with Crippen LogP contribution in [0, 0.1) is 0 Å². The van der Waals surface area contributed by atoms with Crippen molar-refractivity contribution in [2.75, 3.05) is 30.4 Å². The molecule has 0 radical (unpaired) electrons. The lowest BCUT2D eigenvalue weighted by Gasteiger charge is -2.30. The number of anilines is 2. The molecule has 1 aliphatic heterocycles. The smallest absolute Gasteiger partial charge is 0.313 e. The zero-order valence-electron chi connectivity index (χ0n) is 16.6. The summed E-state index contributed by atoms with van der Waals surface area (Å²) in [5.41, 5.74) is 3.00. The topological polar surface area (TPSA) is 70.7 Å². The standard InChI is InChI=1S/C23H23N3O3S/c1-29-18-8-4-7-17(14-18)25-23(28)22(27)24-15-20(21-10-5-13-30-21)26-12-11-16-6-2-3-9-19(16)26/h2-10,13-14,20H,11-12,15H2,1H3,(H,24,27)(H,25,28)/t20-/m1/s1. The zero-order valence-corrected chi connectivity index (χ0v) is 17.4. The first-order valence-corrected chi connectivity index (χ1v) is 10.6. The predicted octanol–water partition coefficient (Wildman–Crippen LogP) is 3.62. The number of methoxy groups -OCH3 is 1. The van der Waals surface area contributed by atoms with Gasteiger partial charge < -0.3 is 20.3 Å². The molecule has 2 heterocycles. The van der Waals surface area contributed by atoms with Crippen LogP contribution in [-0.2, 0) is 16.0 Å². The van der Waals surface area contributed by atoms with Crippen molar-refractivity contribution in [1.82, 2.24) is 5.32 Å². The van der Waals surface area contributed by atoms with E-state index in [-0.39, 0.29) is 6.04 Å². The number of ether oxygens (including phenoxy) is 1. The van der Waals surface area contributed by atoms with Crippen LogP contribution < -0.4 is 20.3 Å². The molecule has 1 atom stereocenters. The molecule has 0 bridgehead atoms. The molecular weight excluding hydrogens is 398 g/mol. The van der Waals surface area contributed by atoms with Crippen LogP contribution in [0.3, 0.4) is 0 Å². The Hall–Kier alpha value is -3.32. The molecule has 1 aromatic heterocycles. The molecule has 0 saturated carbocycles. The summed E-state index contributed by atoms with van der Waals surface area (Å²) in [4.78, 5) is 28.3. The van der Waals surface area contributed by atoms with Crippen molar-refractivity contribution in [2.24, 2.45) is 0 Å². The Morgan fingerprint density at radius 3 is 2.77 bits per heavy atom. The van der Waals surface area contributed by atoms with Gasteiger partial charge in [-0.3, -0.25) is 9.59 Å². The van der Waals surface area contributed by atoms with Crippen LogP contribution in [0.5, 0.6) is 5.75 Å². The van der Waals surface area contributed by atoms with E-state index in [4.69, 9.17) is 4.74 Å². The maximum atomic E-state index is 12.5. The van der Waals surface area contributed by atoms with Gasteiger partial charge in [0.05, 0.1) is 13.2 Å². The van der Waals surface area contributed by atoms with E-state index < -0.39 is 11.8 Å². The van der Waals surface area contributed by atoms with E-state index in [0.717, 1.165) is 17.8 Å². The van der Waals surface area contributed by atoms with Crippen LogP contribution in [-0.4, -0.2) is 32.0 Å². The highest BCUT2D eigenvalue weighted by Crippen LogP contribution is 2.36. The zero-order chi connectivity index (χ0) is 20.9. The lowest BCUT2D eigenvalue weighted by molar-refractivity contribution is -0.136. The van der Waals surface area contributed by atoms with Crippen molar-refractivity contribution in [2.45, 2.75) is 12.5 Å². The van der Waals surface area contributed by atoms with Gasteiger partial charge >= 0.3 is 11.8 Å². The molecule has 2 aromatic carbocycles. The van der Waals surface area contributed by atoms with Crippen LogP contribution >= 0.6 is 11.3 Å². The Bertz CT molecular complexity index is 1040. The summed E-state index contributed by atoms with van der Waals surface area (Å²) in [7, 11) is 1.55. The highest BCUT2D eigenvalue weighted by Gasteiger charge is 2.28. The summed E-state index contributed by atoms with van der Waals surface area (Å²) < 4.78 is 5.15. The Morgan fingerprint density at radius 2 is 1.97 bits per heavy atom. The third-order valence-corrected chi connectivity index (χ3v) is 6.13. The van der Waals surface area contributed by atoms with Gasteiger partial charge in [0.15, 0.2) is 0 Å². The van der Waals surface area contributed by atoms with Gasteiger partial charge in [-0.2, -0.15) is 0 Å².